The number of rotatable bonds is 3. The van der Waals surface area contributed by atoms with Gasteiger partial charge in [-0.2, -0.15) is 0 Å². The van der Waals surface area contributed by atoms with Crippen LogP contribution in [0.5, 0.6) is 0 Å². The summed E-state index contributed by atoms with van der Waals surface area (Å²) in [5.41, 5.74) is 5.46. The Morgan fingerprint density at radius 3 is 2.75 bits per heavy atom. The van der Waals surface area contributed by atoms with Gasteiger partial charge in [-0.15, -0.1) is 11.8 Å². The Morgan fingerprint density at radius 2 is 2.25 bits per heavy atom. The molecule has 0 aromatic carbocycles. The van der Waals surface area contributed by atoms with E-state index in [4.69, 9.17) is 5.73 Å². The van der Waals surface area contributed by atoms with E-state index in [1.807, 2.05) is 30.1 Å². The van der Waals surface area contributed by atoms with E-state index >= 15 is 0 Å². The molecule has 1 heterocycles. The van der Waals surface area contributed by atoms with Crippen LogP contribution in [0, 0.1) is 5.92 Å². The highest BCUT2D eigenvalue weighted by atomic mass is 32.2. The number of thioether (sulfide) groups is 1. The molecule has 0 unspecified atom stereocenters. The van der Waals surface area contributed by atoms with Crippen molar-refractivity contribution in [2.45, 2.75) is 18.7 Å². The second kappa shape index (κ2) is 4.36. The molecule has 0 aliphatic carbocycles. The van der Waals surface area contributed by atoms with Crippen molar-refractivity contribution in [1.82, 2.24) is 4.98 Å². The Hall–Kier alpha value is -0.700. The summed E-state index contributed by atoms with van der Waals surface area (Å²) in [6.07, 6.45) is 1.82. The number of nitrogen functional groups attached to an aromatic ring is 1. The first-order valence-corrected chi connectivity index (χ1v) is 5.01. The highest BCUT2D eigenvalue weighted by molar-refractivity contribution is 7.99. The molecule has 0 atom stereocenters. The number of hydrogen-bond donors (Lipinski definition) is 1. The third-order valence-corrected chi connectivity index (χ3v) is 2.75. The van der Waals surface area contributed by atoms with Crippen LogP contribution >= 0.6 is 11.8 Å². The number of aromatic nitrogens is 1. The largest absolute Gasteiger partial charge is 0.384 e. The fourth-order valence-corrected chi connectivity index (χ4v) is 1.56. The molecule has 0 saturated heterocycles. The minimum atomic E-state index is 0.587. The predicted octanol–water partition coefficient (Wildman–Crippen LogP) is 2.41. The minimum Gasteiger partial charge on any atom is -0.384 e. The lowest BCUT2D eigenvalue weighted by Crippen LogP contribution is -1.92. The number of nitrogens with two attached hydrogens (primary N) is 1. The summed E-state index contributed by atoms with van der Waals surface area (Å²) in [6, 6.07) is 3.85. The minimum absolute atomic E-state index is 0.587. The van der Waals surface area contributed by atoms with Crippen LogP contribution in [-0.2, 0) is 0 Å². The number of hydrogen-bond acceptors (Lipinski definition) is 3. The molecule has 0 aliphatic heterocycles. The smallest absolute Gasteiger partial charge is 0.123 e. The van der Waals surface area contributed by atoms with Crippen molar-refractivity contribution in [3.8, 4) is 0 Å². The van der Waals surface area contributed by atoms with E-state index < -0.39 is 0 Å². The fourth-order valence-electron chi connectivity index (χ4n) is 0.740. The van der Waals surface area contributed by atoms with Gasteiger partial charge in [0.1, 0.15) is 5.82 Å². The van der Waals surface area contributed by atoms with Gasteiger partial charge in [-0.3, -0.25) is 0 Å². The zero-order valence-corrected chi connectivity index (χ0v) is 8.27. The zero-order valence-electron chi connectivity index (χ0n) is 7.45. The van der Waals surface area contributed by atoms with Gasteiger partial charge in [-0.05, 0) is 18.1 Å². The van der Waals surface area contributed by atoms with Gasteiger partial charge < -0.3 is 5.73 Å². The molecule has 66 valence electrons. The van der Waals surface area contributed by atoms with Crippen molar-refractivity contribution >= 4 is 17.6 Å². The molecule has 0 amide bonds. The van der Waals surface area contributed by atoms with Gasteiger partial charge in [0.05, 0.1) is 0 Å². The van der Waals surface area contributed by atoms with E-state index in [1.54, 1.807) is 0 Å². The van der Waals surface area contributed by atoms with Crippen LogP contribution in [0.4, 0.5) is 5.82 Å². The maximum atomic E-state index is 5.46. The van der Waals surface area contributed by atoms with Crippen molar-refractivity contribution in [2.75, 3.05) is 11.5 Å². The summed E-state index contributed by atoms with van der Waals surface area (Å²) in [5.74, 6) is 2.43. The summed E-state index contributed by atoms with van der Waals surface area (Å²) in [6.45, 7) is 4.41. The molecular weight excluding hydrogens is 168 g/mol. The average Bonchev–Trinajstić information content (AvgIpc) is 2.03. The Balaban J connectivity index is 2.48. The van der Waals surface area contributed by atoms with E-state index in [0.29, 0.717) is 11.7 Å². The maximum absolute atomic E-state index is 5.46. The molecule has 2 N–H and O–H groups in total. The van der Waals surface area contributed by atoms with Crippen LogP contribution in [0.15, 0.2) is 23.2 Å². The van der Waals surface area contributed by atoms with Crippen molar-refractivity contribution in [3.05, 3.63) is 18.3 Å². The lowest BCUT2D eigenvalue weighted by molar-refractivity contribution is 0.750. The van der Waals surface area contributed by atoms with Crippen molar-refractivity contribution < 1.29 is 0 Å². The molecule has 12 heavy (non-hydrogen) atoms. The lowest BCUT2D eigenvalue weighted by atomic mass is 10.3. The monoisotopic (exact) mass is 182 g/mol. The molecule has 1 aromatic heterocycles. The number of nitrogens with zero attached hydrogens (tertiary/aromatic N) is 1. The fraction of sp³-hybridized carbons (Fsp3) is 0.444. The van der Waals surface area contributed by atoms with Crippen LogP contribution in [0.3, 0.4) is 0 Å². The second-order valence-corrected chi connectivity index (χ2v) is 4.22. The Kier molecular flexibility index (Phi) is 3.41. The Labute approximate surface area is 77.6 Å². The molecule has 3 heteroatoms. The molecule has 0 radical (unpaired) electrons. The third-order valence-electron chi connectivity index (χ3n) is 1.34. The van der Waals surface area contributed by atoms with Crippen molar-refractivity contribution in [3.63, 3.8) is 0 Å². The molecule has 0 fully saturated rings. The summed E-state index contributed by atoms with van der Waals surface area (Å²) in [5, 5.41) is 0. The molecule has 0 spiro atoms. The van der Waals surface area contributed by atoms with E-state index in [9.17, 15) is 0 Å². The topological polar surface area (TPSA) is 38.9 Å². The standard InChI is InChI=1S/C9H14N2S/c1-7(2)6-12-8-3-4-9(10)11-5-8/h3-5,7H,6H2,1-2H3,(H2,10,11). The van der Waals surface area contributed by atoms with Crippen LogP contribution in [0.25, 0.3) is 0 Å². The first-order valence-electron chi connectivity index (χ1n) is 4.03. The number of anilines is 1. The molecular formula is C9H14N2S. The van der Waals surface area contributed by atoms with Crippen LogP contribution in [0.1, 0.15) is 13.8 Å². The highest BCUT2D eigenvalue weighted by Gasteiger charge is 1.96. The SMILES string of the molecule is CC(C)CSc1ccc(N)nc1. The molecule has 0 aliphatic rings. The van der Waals surface area contributed by atoms with Gasteiger partial charge in [-0.1, -0.05) is 13.8 Å². The van der Waals surface area contributed by atoms with E-state index in [1.165, 1.54) is 4.90 Å². The summed E-state index contributed by atoms with van der Waals surface area (Å²) in [7, 11) is 0. The van der Waals surface area contributed by atoms with E-state index in [-0.39, 0.29) is 0 Å². The quantitative estimate of drug-likeness (QED) is 0.730. The first-order chi connectivity index (χ1) is 5.68. The van der Waals surface area contributed by atoms with Gasteiger partial charge in [0.2, 0.25) is 0 Å². The van der Waals surface area contributed by atoms with Crippen LogP contribution in [0.2, 0.25) is 0 Å². The zero-order chi connectivity index (χ0) is 8.97. The number of pyridine rings is 1. The molecule has 1 aromatic rings. The summed E-state index contributed by atoms with van der Waals surface area (Å²) < 4.78 is 0. The predicted molar refractivity (Wildman–Crippen MR) is 54.2 cm³/mol. The van der Waals surface area contributed by atoms with Crippen LogP contribution in [-0.4, -0.2) is 10.7 Å². The van der Waals surface area contributed by atoms with E-state index in [2.05, 4.69) is 18.8 Å². The molecule has 0 saturated carbocycles. The van der Waals surface area contributed by atoms with Gasteiger partial charge >= 0.3 is 0 Å². The van der Waals surface area contributed by atoms with Gasteiger partial charge in [0.15, 0.2) is 0 Å². The van der Waals surface area contributed by atoms with Crippen molar-refractivity contribution in [2.24, 2.45) is 5.92 Å². The third kappa shape index (κ3) is 3.13. The summed E-state index contributed by atoms with van der Waals surface area (Å²) >= 11 is 1.82. The lowest BCUT2D eigenvalue weighted by Gasteiger charge is -2.03. The van der Waals surface area contributed by atoms with Gasteiger partial charge in [0, 0.05) is 16.8 Å². The molecule has 1 rings (SSSR count). The normalized spacial score (nSPS) is 10.6. The summed E-state index contributed by atoms with van der Waals surface area (Å²) in [4.78, 5) is 5.21. The Bertz CT molecular complexity index is 231. The maximum Gasteiger partial charge on any atom is 0.123 e. The van der Waals surface area contributed by atoms with Gasteiger partial charge in [-0.25, -0.2) is 4.98 Å². The second-order valence-electron chi connectivity index (χ2n) is 3.12. The first kappa shape index (κ1) is 9.39. The Morgan fingerprint density at radius 1 is 1.50 bits per heavy atom. The van der Waals surface area contributed by atoms with E-state index in [0.717, 1.165) is 5.75 Å². The molecule has 2 nitrogen and oxygen atoms in total. The van der Waals surface area contributed by atoms with Crippen molar-refractivity contribution in [1.29, 1.82) is 0 Å². The molecule has 0 bridgehead atoms. The highest BCUT2D eigenvalue weighted by Crippen LogP contribution is 2.19. The van der Waals surface area contributed by atoms with Gasteiger partial charge in [0.25, 0.3) is 0 Å². The van der Waals surface area contributed by atoms with Crippen LogP contribution < -0.4 is 5.73 Å². The average molecular weight is 182 g/mol.